The monoisotopic (exact) mass is 545 g/mol. The van der Waals surface area contributed by atoms with Crippen LogP contribution in [0.5, 0.6) is 0 Å². The van der Waals surface area contributed by atoms with Gasteiger partial charge in [-0.25, -0.2) is 28.7 Å². The molecule has 0 aliphatic rings. The van der Waals surface area contributed by atoms with Crippen LogP contribution < -0.4 is 10.6 Å². The number of fused-ring (bicyclic) bond motifs is 1. The lowest BCUT2D eigenvalue weighted by Crippen LogP contribution is -2.16. The summed E-state index contributed by atoms with van der Waals surface area (Å²) < 4.78 is 69.6. The second kappa shape index (κ2) is 9.67. The Labute approximate surface area is 214 Å². The second-order valence-corrected chi connectivity index (χ2v) is 8.19. The van der Waals surface area contributed by atoms with E-state index in [-0.39, 0.29) is 5.82 Å². The van der Waals surface area contributed by atoms with Crippen molar-refractivity contribution < 1.29 is 26.7 Å². The van der Waals surface area contributed by atoms with Gasteiger partial charge in [-0.15, -0.1) is 0 Å². The van der Waals surface area contributed by atoms with E-state index < -0.39 is 51.2 Å². The smallest absolute Gasteiger partial charge is 0.341 e. The number of aromatic nitrogens is 5. The van der Waals surface area contributed by atoms with Gasteiger partial charge in [0, 0.05) is 17.3 Å². The highest BCUT2D eigenvalue weighted by Crippen LogP contribution is 2.36. The highest BCUT2D eigenvalue weighted by atomic mass is 35.5. The molecule has 5 aromatic rings. The molecule has 14 heteroatoms. The van der Waals surface area contributed by atoms with Crippen LogP contribution in [0.2, 0.25) is 5.02 Å². The molecule has 1 amide bonds. The number of carbonyl (C=O) groups excluding carboxylic acids is 1. The highest BCUT2D eigenvalue weighted by molar-refractivity contribution is 6.31. The molecule has 0 aliphatic carbocycles. The SMILES string of the molecule is O=C(Nc1ccc(F)c(Nc2ncccc2-c2ncnc3nc[nH]c23)c1F)c1ccc(Cl)c(C(F)(F)F)c1. The van der Waals surface area contributed by atoms with Crippen LogP contribution in [0.4, 0.5) is 39.1 Å². The minimum absolute atomic E-state index is 0.0240. The van der Waals surface area contributed by atoms with Crippen molar-refractivity contribution in [3.63, 3.8) is 0 Å². The summed E-state index contributed by atoms with van der Waals surface area (Å²) in [4.78, 5) is 32.0. The van der Waals surface area contributed by atoms with Gasteiger partial charge >= 0.3 is 6.18 Å². The fourth-order valence-corrected chi connectivity index (χ4v) is 3.85. The molecule has 2 aromatic carbocycles. The Bertz CT molecular complexity index is 1690. The summed E-state index contributed by atoms with van der Waals surface area (Å²) >= 11 is 5.59. The Morgan fingerprint density at radius 2 is 1.82 bits per heavy atom. The number of rotatable bonds is 5. The van der Waals surface area contributed by atoms with Crippen LogP contribution in [-0.4, -0.2) is 30.8 Å². The number of alkyl halides is 3. The molecule has 38 heavy (non-hydrogen) atoms. The van der Waals surface area contributed by atoms with Gasteiger partial charge in [0.15, 0.2) is 11.5 Å². The molecule has 3 N–H and O–H groups in total. The third kappa shape index (κ3) is 4.70. The summed E-state index contributed by atoms with van der Waals surface area (Å²) in [6, 6.07) is 7.51. The normalized spacial score (nSPS) is 11.5. The number of nitrogens with one attached hydrogen (secondary N) is 3. The minimum Gasteiger partial charge on any atom is -0.341 e. The third-order valence-corrected chi connectivity index (χ3v) is 5.73. The van der Waals surface area contributed by atoms with Crippen molar-refractivity contribution in [3.05, 3.63) is 89.1 Å². The van der Waals surface area contributed by atoms with Crippen LogP contribution >= 0.6 is 11.6 Å². The Balaban J connectivity index is 1.48. The molecule has 8 nitrogen and oxygen atoms in total. The molecule has 0 radical (unpaired) electrons. The van der Waals surface area contributed by atoms with E-state index in [4.69, 9.17) is 11.6 Å². The van der Waals surface area contributed by atoms with Crippen molar-refractivity contribution in [1.82, 2.24) is 24.9 Å². The quantitative estimate of drug-likeness (QED) is 0.222. The van der Waals surface area contributed by atoms with Gasteiger partial charge < -0.3 is 15.6 Å². The molecule has 3 aromatic heterocycles. The number of amides is 1. The van der Waals surface area contributed by atoms with Crippen LogP contribution in [0.25, 0.3) is 22.4 Å². The van der Waals surface area contributed by atoms with E-state index in [2.05, 4.69) is 35.6 Å². The highest BCUT2D eigenvalue weighted by Gasteiger charge is 2.34. The Kier molecular flexibility index (Phi) is 6.36. The first-order chi connectivity index (χ1) is 18.1. The molecule has 0 saturated heterocycles. The van der Waals surface area contributed by atoms with Crippen molar-refractivity contribution >= 4 is 45.9 Å². The van der Waals surface area contributed by atoms with Gasteiger partial charge in [-0.2, -0.15) is 13.2 Å². The van der Waals surface area contributed by atoms with Crippen molar-refractivity contribution in [2.45, 2.75) is 6.18 Å². The molecule has 5 rings (SSSR count). The number of H-pyrrole nitrogens is 1. The molecule has 0 spiro atoms. The standard InChI is InChI=1S/C24H13ClF5N7O/c25-14-4-3-11(8-13(14)24(28,29)30)23(38)36-16-6-5-15(26)19(17(16)27)37-21-12(2-1-7-31-21)18-20-22(34-9-32-18)35-10-33-20/h1-10H,(H,31,37)(H,36,38)(H,32,33,34,35). The van der Waals surface area contributed by atoms with E-state index >= 15 is 4.39 Å². The number of carbonyl (C=O) groups is 1. The number of pyridine rings is 1. The summed E-state index contributed by atoms with van der Waals surface area (Å²) in [5.41, 5.74) is -1.27. The second-order valence-electron chi connectivity index (χ2n) is 7.78. The van der Waals surface area contributed by atoms with Crippen LogP contribution in [-0.2, 0) is 6.18 Å². The summed E-state index contributed by atoms with van der Waals surface area (Å²) in [7, 11) is 0. The van der Waals surface area contributed by atoms with E-state index in [0.29, 0.717) is 28.5 Å². The molecule has 0 fully saturated rings. The zero-order valence-corrected chi connectivity index (χ0v) is 19.5. The summed E-state index contributed by atoms with van der Waals surface area (Å²) in [5.74, 6) is -3.27. The number of hydrogen-bond donors (Lipinski definition) is 3. The predicted octanol–water partition coefficient (Wildman–Crippen LogP) is 6.36. The fourth-order valence-electron chi connectivity index (χ4n) is 3.63. The average molecular weight is 546 g/mol. The lowest BCUT2D eigenvalue weighted by atomic mass is 10.1. The maximum atomic E-state index is 15.4. The summed E-state index contributed by atoms with van der Waals surface area (Å²) in [5, 5.41) is 4.14. The van der Waals surface area contributed by atoms with Gasteiger partial charge in [0.2, 0.25) is 0 Å². The van der Waals surface area contributed by atoms with E-state index in [0.717, 1.165) is 24.3 Å². The molecule has 192 valence electrons. The maximum absolute atomic E-state index is 15.4. The first-order valence-corrected chi connectivity index (χ1v) is 11.0. The molecule has 0 unspecified atom stereocenters. The average Bonchev–Trinajstić information content (AvgIpc) is 3.37. The predicted molar refractivity (Wildman–Crippen MR) is 129 cm³/mol. The number of halogens is 6. The number of anilines is 3. The number of aromatic amines is 1. The first kappa shape index (κ1) is 25.0. The maximum Gasteiger partial charge on any atom is 0.417 e. The lowest BCUT2D eigenvalue weighted by molar-refractivity contribution is -0.137. The number of benzene rings is 2. The van der Waals surface area contributed by atoms with Crippen molar-refractivity contribution in [1.29, 1.82) is 0 Å². The molecule has 0 saturated carbocycles. The lowest BCUT2D eigenvalue weighted by Gasteiger charge is -2.15. The Hall–Kier alpha value is -4.65. The molecule has 3 heterocycles. The van der Waals surface area contributed by atoms with E-state index in [9.17, 15) is 22.4 Å². The van der Waals surface area contributed by atoms with Crippen molar-refractivity contribution in [2.24, 2.45) is 0 Å². The zero-order valence-electron chi connectivity index (χ0n) is 18.7. The van der Waals surface area contributed by atoms with Gasteiger partial charge in [0.05, 0.1) is 22.6 Å². The molecule has 0 aliphatic heterocycles. The van der Waals surface area contributed by atoms with Gasteiger partial charge in [-0.3, -0.25) is 4.79 Å². The molecular weight excluding hydrogens is 533 g/mol. The van der Waals surface area contributed by atoms with Crippen LogP contribution in [0, 0.1) is 11.6 Å². The van der Waals surface area contributed by atoms with Gasteiger partial charge in [0.1, 0.15) is 34.9 Å². The molecular formula is C24H13ClF5N7O. The molecule has 0 atom stereocenters. The van der Waals surface area contributed by atoms with Gasteiger partial charge in [-0.1, -0.05) is 11.6 Å². The van der Waals surface area contributed by atoms with Crippen LogP contribution in [0.3, 0.4) is 0 Å². The first-order valence-electron chi connectivity index (χ1n) is 10.7. The largest absolute Gasteiger partial charge is 0.417 e. The van der Waals surface area contributed by atoms with E-state index in [1.165, 1.54) is 18.9 Å². The van der Waals surface area contributed by atoms with E-state index in [1.54, 1.807) is 12.1 Å². The van der Waals surface area contributed by atoms with Crippen LogP contribution in [0.15, 0.2) is 61.3 Å². The van der Waals surface area contributed by atoms with Gasteiger partial charge in [-0.05, 0) is 42.5 Å². The zero-order chi connectivity index (χ0) is 27.0. The number of hydrogen-bond acceptors (Lipinski definition) is 6. The van der Waals surface area contributed by atoms with Crippen molar-refractivity contribution in [3.8, 4) is 11.3 Å². The topological polar surface area (TPSA) is 108 Å². The molecule has 0 bridgehead atoms. The summed E-state index contributed by atoms with van der Waals surface area (Å²) in [6.45, 7) is 0. The van der Waals surface area contributed by atoms with Crippen LogP contribution in [0.1, 0.15) is 15.9 Å². The number of imidazole rings is 1. The summed E-state index contributed by atoms with van der Waals surface area (Å²) in [6.07, 6.45) is -0.738. The number of nitrogens with zero attached hydrogens (tertiary/aromatic N) is 4. The van der Waals surface area contributed by atoms with E-state index in [1.807, 2.05) is 0 Å². The fraction of sp³-hybridized carbons (Fsp3) is 0.0417. The van der Waals surface area contributed by atoms with Crippen molar-refractivity contribution in [2.75, 3.05) is 10.6 Å². The third-order valence-electron chi connectivity index (χ3n) is 5.40. The minimum atomic E-state index is -4.81. The Morgan fingerprint density at radius 1 is 1.00 bits per heavy atom. The Morgan fingerprint density at radius 3 is 2.61 bits per heavy atom. The van der Waals surface area contributed by atoms with Gasteiger partial charge in [0.25, 0.3) is 5.91 Å².